The summed E-state index contributed by atoms with van der Waals surface area (Å²) < 4.78 is 0. The minimum Gasteiger partial charge on any atom is -0.507 e. The minimum absolute atomic E-state index is 0.0891. The normalized spacial score (nSPS) is 19.2. The number of unbranched alkanes of at least 4 members (excludes halogenated alkanes) is 4. The summed E-state index contributed by atoms with van der Waals surface area (Å²) in [6, 6.07) is 1.55. The average Bonchev–Trinajstić information content (AvgIpc) is 3.54. The number of benzene rings is 1. The van der Waals surface area contributed by atoms with Gasteiger partial charge in [-0.3, -0.25) is 0 Å². The van der Waals surface area contributed by atoms with Crippen LogP contribution in [0, 0.1) is 10.8 Å². The quantitative estimate of drug-likeness (QED) is 0.219. The van der Waals surface area contributed by atoms with Crippen LogP contribution in [0.2, 0.25) is 0 Å². The van der Waals surface area contributed by atoms with Crippen molar-refractivity contribution in [2.24, 2.45) is 10.8 Å². The van der Waals surface area contributed by atoms with Gasteiger partial charge in [-0.2, -0.15) is 0 Å². The second kappa shape index (κ2) is 8.32. The summed E-state index contributed by atoms with van der Waals surface area (Å²) in [5, 5.41) is 30.9. The highest BCUT2D eigenvalue weighted by Gasteiger charge is 2.36. The van der Waals surface area contributed by atoms with Crippen molar-refractivity contribution in [2.45, 2.75) is 104 Å². The van der Waals surface area contributed by atoms with Crippen LogP contribution in [0.3, 0.4) is 0 Å². The molecule has 0 unspecified atom stereocenters. The van der Waals surface area contributed by atoms with Crippen LogP contribution in [0.4, 0.5) is 0 Å². The number of hydrogen-bond donors (Lipinski definition) is 3. The molecule has 27 heavy (non-hydrogen) atoms. The first-order chi connectivity index (χ1) is 12.8. The fourth-order valence-electron chi connectivity index (χ4n) is 4.19. The van der Waals surface area contributed by atoms with Crippen molar-refractivity contribution in [2.75, 3.05) is 0 Å². The van der Waals surface area contributed by atoms with E-state index in [4.69, 9.17) is 0 Å². The molecule has 2 aliphatic carbocycles. The predicted molar refractivity (Wildman–Crippen MR) is 110 cm³/mol. The van der Waals surface area contributed by atoms with Crippen LogP contribution in [-0.2, 0) is 12.8 Å². The maximum Gasteiger partial charge on any atom is 0.164 e. The SMILES string of the molecule is CC1(CCCCCc2cc(O)c(O)c(CCCCCC3(C)CC3)c2O)CC1. The topological polar surface area (TPSA) is 60.7 Å². The Morgan fingerprint density at radius 3 is 1.74 bits per heavy atom. The van der Waals surface area contributed by atoms with Crippen molar-refractivity contribution < 1.29 is 15.3 Å². The predicted octanol–water partition coefficient (Wildman–Crippen LogP) is 6.61. The van der Waals surface area contributed by atoms with Crippen molar-refractivity contribution in [3.05, 3.63) is 17.2 Å². The molecule has 0 radical (unpaired) electrons. The van der Waals surface area contributed by atoms with Crippen molar-refractivity contribution >= 4 is 0 Å². The van der Waals surface area contributed by atoms with Gasteiger partial charge in [0.05, 0.1) is 0 Å². The summed E-state index contributed by atoms with van der Waals surface area (Å²) >= 11 is 0. The third-order valence-electron chi connectivity index (χ3n) is 7.07. The summed E-state index contributed by atoms with van der Waals surface area (Å²) in [5.41, 5.74) is 2.53. The van der Waals surface area contributed by atoms with Crippen LogP contribution in [0.25, 0.3) is 0 Å². The Labute approximate surface area is 164 Å². The number of phenolic OH excluding ortho intramolecular Hbond substituents is 3. The molecule has 2 aliphatic rings. The van der Waals surface area contributed by atoms with E-state index in [1.165, 1.54) is 51.4 Å². The number of phenols is 3. The lowest BCUT2D eigenvalue weighted by molar-refractivity contribution is 0.384. The molecule has 3 N–H and O–H groups in total. The number of aromatic hydroxyl groups is 3. The molecule has 0 aromatic heterocycles. The van der Waals surface area contributed by atoms with Gasteiger partial charge in [0.2, 0.25) is 0 Å². The summed E-state index contributed by atoms with van der Waals surface area (Å²) in [7, 11) is 0. The highest BCUT2D eigenvalue weighted by Crippen LogP contribution is 2.50. The van der Waals surface area contributed by atoms with Crippen LogP contribution in [0.1, 0.15) is 102 Å². The highest BCUT2D eigenvalue weighted by molar-refractivity contribution is 5.56. The Balaban J connectivity index is 1.45. The van der Waals surface area contributed by atoms with E-state index in [1.54, 1.807) is 6.07 Å². The van der Waals surface area contributed by atoms with E-state index in [1.807, 2.05) is 0 Å². The summed E-state index contributed by atoms with van der Waals surface area (Å²) in [6.45, 7) is 4.73. The molecule has 0 spiro atoms. The van der Waals surface area contributed by atoms with Crippen LogP contribution in [0.5, 0.6) is 17.2 Å². The maximum atomic E-state index is 10.6. The lowest BCUT2D eigenvalue weighted by Gasteiger charge is -2.14. The molecule has 152 valence electrons. The summed E-state index contributed by atoms with van der Waals surface area (Å²) in [4.78, 5) is 0. The van der Waals surface area contributed by atoms with E-state index >= 15 is 0 Å². The molecule has 0 saturated heterocycles. The molecule has 1 aromatic rings. The van der Waals surface area contributed by atoms with Gasteiger partial charge in [0.15, 0.2) is 11.5 Å². The van der Waals surface area contributed by atoms with Crippen molar-refractivity contribution in [1.29, 1.82) is 0 Å². The van der Waals surface area contributed by atoms with E-state index in [2.05, 4.69) is 13.8 Å². The minimum atomic E-state index is -0.132. The zero-order valence-corrected chi connectivity index (χ0v) is 17.3. The summed E-state index contributed by atoms with van der Waals surface area (Å²) in [6.07, 6.45) is 16.2. The monoisotopic (exact) mass is 374 g/mol. The molecule has 0 amide bonds. The second-order valence-electron chi connectivity index (χ2n) is 9.97. The van der Waals surface area contributed by atoms with Gasteiger partial charge in [-0.1, -0.05) is 39.5 Å². The Morgan fingerprint density at radius 1 is 0.704 bits per heavy atom. The molecule has 2 saturated carbocycles. The first-order valence-electron chi connectivity index (χ1n) is 11.1. The van der Waals surface area contributed by atoms with E-state index in [9.17, 15) is 15.3 Å². The zero-order valence-electron chi connectivity index (χ0n) is 17.3. The molecule has 0 bridgehead atoms. The van der Waals surface area contributed by atoms with Gasteiger partial charge in [-0.05, 0) is 86.7 Å². The van der Waals surface area contributed by atoms with Gasteiger partial charge < -0.3 is 15.3 Å². The average molecular weight is 375 g/mol. The van der Waals surface area contributed by atoms with Crippen molar-refractivity contribution in [1.82, 2.24) is 0 Å². The smallest absolute Gasteiger partial charge is 0.164 e. The molecule has 0 atom stereocenters. The van der Waals surface area contributed by atoms with Gasteiger partial charge >= 0.3 is 0 Å². The number of aryl methyl sites for hydroxylation is 1. The molecule has 2 fully saturated rings. The molecule has 3 heteroatoms. The molecule has 3 nitrogen and oxygen atoms in total. The third kappa shape index (κ3) is 5.80. The van der Waals surface area contributed by atoms with Crippen molar-refractivity contribution in [3.63, 3.8) is 0 Å². The van der Waals surface area contributed by atoms with Crippen LogP contribution in [0.15, 0.2) is 6.07 Å². The van der Waals surface area contributed by atoms with Gasteiger partial charge in [-0.25, -0.2) is 0 Å². The van der Waals surface area contributed by atoms with E-state index < -0.39 is 0 Å². The maximum absolute atomic E-state index is 10.6. The lowest BCUT2D eigenvalue weighted by Crippen LogP contribution is -1.97. The first kappa shape index (κ1) is 20.4. The third-order valence-corrected chi connectivity index (χ3v) is 7.07. The Kier molecular flexibility index (Phi) is 6.28. The molecule has 0 heterocycles. The zero-order chi connectivity index (χ0) is 19.5. The Hall–Kier alpha value is -1.38. The largest absolute Gasteiger partial charge is 0.507 e. The van der Waals surface area contributed by atoms with E-state index in [0.29, 0.717) is 22.8 Å². The van der Waals surface area contributed by atoms with Gasteiger partial charge in [0, 0.05) is 5.56 Å². The fourth-order valence-corrected chi connectivity index (χ4v) is 4.19. The molecular weight excluding hydrogens is 336 g/mol. The van der Waals surface area contributed by atoms with Crippen LogP contribution >= 0.6 is 0 Å². The van der Waals surface area contributed by atoms with Gasteiger partial charge in [0.1, 0.15) is 5.75 Å². The first-order valence-corrected chi connectivity index (χ1v) is 11.1. The van der Waals surface area contributed by atoms with Crippen molar-refractivity contribution in [3.8, 4) is 17.2 Å². The van der Waals surface area contributed by atoms with E-state index in [0.717, 1.165) is 37.7 Å². The van der Waals surface area contributed by atoms with E-state index in [-0.39, 0.29) is 17.2 Å². The van der Waals surface area contributed by atoms with Gasteiger partial charge in [-0.15, -0.1) is 0 Å². The molecule has 3 rings (SSSR count). The highest BCUT2D eigenvalue weighted by atomic mass is 16.3. The van der Waals surface area contributed by atoms with Crippen LogP contribution in [-0.4, -0.2) is 15.3 Å². The fraction of sp³-hybridized carbons (Fsp3) is 0.750. The summed E-state index contributed by atoms with van der Waals surface area (Å²) in [5.74, 6) is -0.0190. The second-order valence-corrected chi connectivity index (χ2v) is 9.97. The molecule has 0 aliphatic heterocycles. The lowest BCUT2D eigenvalue weighted by atomic mass is 9.95. The molecule has 1 aromatic carbocycles. The molecular formula is C24H38O3. The number of rotatable bonds is 12. The Morgan fingerprint density at radius 2 is 1.22 bits per heavy atom. The van der Waals surface area contributed by atoms with Crippen LogP contribution < -0.4 is 0 Å². The number of hydrogen-bond acceptors (Lipinski definition) is 3. The Bertz CT molecular complexity index is 642. The van der Waals surface area contributed by atoms with Gasteiger partial charge in [0.25, 0.3) is 0 Å². The standard InChI is InChI=1S/C24H38O3/c1-23(13-14-23)11-7-3-5-9-18-17-20(25)22(27)19(21(18)26)10-6-4-8-12-24(2)15-16-24/h17,25-27H,3-16H2,1-2H3.